The minimum atomic E-state index is -2.90. The fourth-order valence-corrected chi connectivity index (χ4v) is 2.90. The molecule has 0 bridgehead atoms. The SMILES string of the molecule is CCC(CS(=O)(=O)C(C)CC)NC. The average Bonchev–Trinajstić information content (AvgIpc) is 2.12. The van der Waals surface area contributed by atoms with E-state index in [1.807, 2.05) is 13.8 Å². The summed E-state index contributed by atoms with van der Waals surface area (Å²) >= 11 is 0. The van der Waals surface area contributed by atoms with Crippen LogP contribution in [0.1, 0.15) is 33.6 Å². The number of hydrogen-bond acceptors (Lipinski definition) is 3. The molecule has 0 radical (unpaired) electrons. The standard InChI is InChI=1S/C9H21NO2S/c1-5-8(3)13(11,12)7-9(6-2)10-4/h8-10H,5-7H2,1-4H3. The van der Waals surface area contributed by atoms with Crippen molar-refractivity contribution in [3.8, 4) is 0 Å². The summed E-state index contributed by atoms with van der Waals surface area (Å²) in [6.07, 6.45) is 1.55. The molecular weight excluding hydrogens is 186 g/mol. The Hall–Kier alpha value is -0.0900. The van der Waals surface area contributed by atoms with E-state index in [1.165, 1.54) is 0 Å². The van der Waals surface area contributed by atoms with E-state index in [1.54, 1.807) is 14.0 Å². The van der Waals surface area contributed by atoms with E-state index in [-0.39, 0.29) is 17.0 Å². The zero-order valence-electron chi connectivity index (χ0n) is 9.00. The molecule has 80 valence electrons. The molecule has 1 N–H and O–H groups in total. The van der Waals surface area contributed by atoms with Gasteiger partial charge in [0.05, 0.1) is 11.0 Å². The van der Waals surface area contributed by atoms with E-state index in [2.05, 4.69) is 5.32 Å². The van der Waals surface area contributed by atoms with Crippen molar-refractivity contribution in [3.05, 3.63) is 0 Å². The largest absolute Gasteiger partial charge is 0.316 e. The Morgan fingerprint density at radius 2 is 1.77 bits per heavy atom. The lowest BCUT2D eigenvalue weighted by atomic mass is 10.3. The third-order valence-electron chi connectivity index (χ3n) is 2.52. The molecule has 0 fully saturated rings. The van der Waals surface area contributed by atoms with Gasteiger partial charge in [-0.2, -0.15) is 0 Å². The Bertz CT molecular complexity index is 220. The zero-order valence-corrected chi connectivity index (χ0v) is 9.82. The van der Waals surface area contributed by atoms with Crippen LogP contribution in [0.5, 0.6) is 0 Å². The van der Waals surface area contributed by atoms with Crippen LogP contribution in [0, 0.1) is 0 Å². The van der Waals surface area contributed by atoms with E-state index >= 15 is 0 Å². The summed E-state index contributed by atoms with van der Waals surface area (Å²) in [6.45, 7) is 5.67. The van der Waals surface area contributed by atoms with Crippen molar-refractivity contribution in [2.75, 3.05) is 12.8 Å². The highest BCUT2D eigenvalue weighted by atomic mass is 32.2. The van der Waals surface area contributed by atoms with Crippen LogP contribution >= 0.6 is 0 Å². The van der Waals surface area contributed by atoms with Crippen molar-refractivity contribution < 1.29 is 8.42 Å². The van der Waals surface area contributed by atoms with Crippen molar-refractivity contribution in [1.82, 2.24) is 5.32 Å². The molecule has 4 heteroatoms. The van der Waals surface area contributed by atoms with Crippen LogP contribution < -0.4 is 5.32 Å². The molecule has 0 aliphatic carbocycles. The molecule has 0 saturated carbocycles. The van der Waals surface area contributed by atoms with Gasteiger partial charge < -0.3 is 5.32 Å². The maximum atomic E-state index is 11.6. The Balaban J connectivity index is 4.32. The highest BCUT2D eigenvalue weighted by molar-refractivity contribution is 7.92. The summed E-state index contributed by atoms with van der Waals surface area (Å²) in [5.41, 5.74) is 0. The molecule has 2 atom stereocenters. The molecule has 2 unspecified atom stereocenters. The Morgan fingerprint density at radius 1 is 1.23 bits per heavy atom. The minimum absolute atomic E-state index is 0.0963. The Kier molecular flexibility index (Phi) is 5.56. The van der Waals surface area contributed by atoms with Gasteiger partial charge in [-0.15, -0.1) is 0 Å². The van der Waals surface area contributed by atoms with Gasteiger partial charge in [0, 0.05) is 6.04 Å². The first kappa shape index (κ1) is 12.9. The van der Waals surface area contributed by atoms with Gasteiger partial charge in [-0.1, -0.05) is 13.8 Å². The second kappa shape index (κ2) is 5.60. The van der Waals surface area contributed by atoms with Crippen molar-refractivity contribution >= 4 is 9.84 Å². The van der Waals surface area contributed by atoms with Crippen LogP contribution in [-0.2, 0) is 9.84 Å². The first-order chi connectivity index (χ1) is 5.97. The monoisotopic (exact) mass is 207 g/mol. The molecule has 0 aliphatic rings. The molecule has 0 aromatic carbocycles. The molecule has 3 nitrogen and oxygen atoms in total. The Morgan fingerprint density at radius 3 is 2.08 bits per heavy atom. The minimum Gasteiger partial charge on any atom is -0.316 e. The first-order valence-corrected chi connectivity index (χ1v) is 6.58. The van der Waals surface area contributed by atoms with Gasteiger partial charge in [0.25, 0.3) is 0 Å². The van der Waals surface area contributed by atoms with Crippen LogP contribution in [0.25, 0.3) is 0 Å². The molecule has 0 heterocycles. The maximum absolute atomic E-state index is 11.6. The summed E-state index contributed by atoms with van der Waals surface area (Å²) in [5, 5.41) is 2.79. The Labute approximate surface area is 81.8 Å². The summed E-state index contributed by atoms with van der Waals surface area (Å²) in [5.74, 6) is 0.259. The summed E-state index contributed by atoms with van der Waals surface area (Å²) in [4.78, 5) is 0. The number of rotatable bonds is 6. The van der Waals surface area contributed by atoms with Gasteiger partial charge in [0.1, 0.15) is 0 Å². The van der Waals surface area contributed by atoms with E-state index in [0.29, 0.717) is 6.42 Å². The highest BCUT2D eigenvalue weighted by Crippen LogP contribution is 2.08. The summed E-state index contributed by atoms with van der Waals surface area (Å²) in [7, 11) is -1.09. The molecule has 13 heavy (non-hydrogen) atoms. The highest BCUT2D eigenvalue weighted by Gasteiger charge is 2.22. The van der Waals surface area contributed by atoms with Gasteiger partial charge in [0.15, 0.2) is 9.84 Å². The third kappa shape index (κ3) is 4.09. The van der Waals surface area contributed by atoms with Crippen LogP contribution in [-0.4, -0.2) is 32.5 Å². The predicted molar refractivity (Wildman–Crippen MR) is 56.7 cm³/mol. The topological polar surface area (TPSA) is 46.2 Å². The molecule has 0 saturated heterocycles. The average molecular weight is 207 g/mol. The van der Waals surface area contributed by atoms with Crippen molar-refractivity contribution in [2.24, 2.45) is 0 Å². The fraction of sp³-hybridized carbons (Fsp3) is 1.00. The second-order valence-electron chi connectivity index (χ2n) is 3.44. The second-order valence-corrected chi connectivity index (χ2v) is 5.91. The van der Waals surface area contributed by atoms with Crippen molar-refractivity contribution in [2.45, 2.75) is 44.9 Å². The van der Waals surface area contributed by atoms with E-state index in [4.69, 9.17) is 0 Å². The predicted octanol–water partition coefficient (Wildman–Crippen LogP) is 1.20. The molecule has 0 aromatic rings. The van der Waals surface area contributed by atoms with Crippen LogP contribution in [0.4, 0.5) is 0 Å². The first-order valence-electron chi connectivity index (χ1n) is 4.86. The lowest BCUT2D eigenvalue weighted by Crippen LogP contribution is -2.35. The fourth-order valence-electron chi connectivity index (χ4n) is 1.10. The summed E-state index contributed by atoms with van der Waals surface area (Å²) < 4.78 is 23.3. The normalized spacial score (nSPS) is 16.9. The molecule has 0 aliphatic heterocycles. The lowest BCUT2D eigenvalue weighted by molar-refractivity contribution is 0.546. The van der Waals surface area contributed by atoms with Crippen LogP contribution in [0.15, 0.2) is 0 Å². The molecule has 0 spiro atoms. The summed E-state index contributed by atoms with van der Waals surface area (Å²) in [6, 6.07) is 0.0963. The van der Waals surface area contributed by atoms with Gasteiger partial charge in [-0.3, -0.25) is 0 Å². The number of hydrogen-bond donors (Lipinski definition) is 1. The van der Waals surface area contributed by atoms with E-state index < -0.39 is 9.84 Å². The van der Waals surface area contributed by atoms with E-state index in [9.17, 15) is 8.42 Å². The maximum Gasteiger partial charge on any atom is 0.154 e. The third-order valence-corrected chi connectivity index (χ3v) is 4.95. The van der Waals surface area contributed by atoms with Crippen molar-refractivity contribution in [3.63, 3.8) is 0 Å². The molecule has 0 amide bonds. The quantitative estimate of drug-likeness (QED) is 0.712. The van der Waals surface area contributed by atoms with E-state index in [0.717, 1.165) is 6.42 Å². The van der Waals surface area contributed by atoms with Gasteiger partial charge in [0.2, 0.25) is 0 Å². The molecular formula is C9H21NO2S. The van der Waals surface area contributed by atoms with Crippen LogP contribution in [0.3, 0.4) is 0 Å². The smallest absolute Gasteiger partial charge is 0.154 e. The number of nitrogens with one attached hydrogen (secondary N) is 1. The number of sulfone groups is 1. The van der Waals surface area contributed by atoms with Gasteiger partial charge in [-0.05, 0) is 26.8 Å². The van der Waals surface area contributed by atoms with Crippen LogP contribution in [0.2, 0.25) is 0 Å². The molecule has 0 aromatic heterocycles. The zero-order chi connectivity index (χ0) is 10.5. The van der Waals surface area contributed by atoms with Gasteiger partial charge >= 0.3 is 0 Å². The molecule has 0 rings (SSSR count). The van der Waals surface area contributed by atoms with Gasteiger partial charge in [-0.25, -0.2) is 8.42 Å². The van der Waals surface area contributed by atoms with Crippen molar-refractivity contribution in [1.29, 1.82) is 0 Å². The lowest BCUT2D eigenvalue weighted by Gasteiger charge is -2.17.